The number of carboxylic acid groups (broad SMARTS) is 2. The highest BCUT2D eigenvalue weighted by atomic mass is 32.1. The molecule has 4 unspecified atom stereocenters. The number of nitrogens with two attached hydrogens (primary N) is 3. The van der Waals surface area contributed by atoms with Crippen molar-refractivity contribution in [2.24, 2.45) is 22.2 Å². The number of thiol groups is 1. The SMILES string of the molecule is CC(NC(=O)C(CCCN=C(N)N)NC(=O)C(CCC(=O)O)NC(=O)C(N)CS)C(=O)O. The lowest BCUT2D eigenvalue weighted by Crippen LogP contribution is -2.57. The number of carbonyl (C=O) groups is 5. The van der Waals surface area contributed by atoms with E-state index in [1.54, 1.807) is 0 Å². The molecule has 3 amide bonds. The molecule has 0 aromatic rings. The van der Waals surface area contributed by atoms with Gasteiger partial charge in [-0.2, -0.15) is 12.6 Å². The molecule has 0 saturated heterocycles. The molecule has 182 valence electrons. The smallest absolute Gasteiger partial charge is 0.325 e. The number of carboxylic acids is 2. The summed E-state index contributed by atoms with van der Waals surface area (Å²) in [7, 11) is 0. The first-order chi connectivity index (χ1) is 14.9. The van der Waals surface area contributed by atoms with Crippen molar-refractivity contribution in [1.29, 1.82) is 0 Å². The number of aliphatic carboxylic acids is 2. The summed E-state index contributed by atoms with van der Waals surface area (Å²) < 4.78 is 0. The Morgan fingerprint density at radius 2 is 1.47 bits per heavy atom. The van der Waals surface area contributed by atoms with E-state index in [1.165, 1.54) is 6.92 Å². The van der Waals surface area contributed by atoms with Gasteiger partial charge < -0.3 is 43.4 Å². The number of amides is 3. The lowest BCUT2D eigenvalue weighted by molar-refractivity contribution is -0.141. The molecule has 14 nitrogen and oxygen atoms in total. The average Bonchev–Trinajstić information content (AvgIpc) is 2.71. The van der Waals surface area contributed by atoms with Gasteiger partial charge in [0.1, 0.15) is 18.1 Å². The zero-order chi connectivity index (χ0) is 24.8. The molecule has 15 heteroatoms. The Morgan fingerprint density at radius 1 is 0.938 bits per heavy atom. The van der Waals surface area contributed by atoms with Gasteiger partial charge in [-0.1, -0.05) is 0 Å². The van der Waals surface area contributed by atoms with Gasteiger partial charge in [0, 0.05) is 18.7 Å². The fourth-order valence-electron chi connectivity index (χ4n) is 2.32. The third kappa shape index (κ3) is 11.9. The second-order valence-corrected chi connectivity index (χ2v) is 7.23. The highest BCUT2D eigenvalue weighted by Crippen LogP contribution is 2.04. The maximum Gasteiger partial charge on any atom is 0.325 e. The molecule has 0 fully saturated rings. The maximum atomic E-state index is 12.7. The summed E-state index contributed by atoms with van der Waals surface area (Å²) in [6.45, 7) is 1.39. The van der Waals surface area contributed by atoms with Crippen molar-refractivity contribution in [3.8, 4) is 0 Å². The fourth-order valence-corrected chi connectivity index (χ4v) is 2.48. The van der Waals surface area contributed by atoms with Crippen LogP contribution in [0.25, 0.3) is 0 Å². The van der Waals surface area contributed by atoms with Crippen LogP contribution in [0.5, 0.6) is 0 Å². The zero-order valence-corrected chi connectivity index (χ0v) is 18.5. The number of rotatable bonds is 15. The van der Waals surface area contributed by atoms with E-state index in [9.17, 15) is 24.0 Å². The van der Waals surface area contributed by atoms with E-state index in [-0.39, 0.29) is 37.5 Å². The highest BCUT2D eigenvalue weighted by Gasteiger charge is 2.29. The van der Waals surface area contributed by atoms with Gasteiger partial charge in [-0.15, -0.1) is 0 Å². The number of nitrogens with zero attached hydrogens (tertiary/aromatic N) is 1. The van der Waals surface area contributed by atoms with Crippen molar-refractivity contribution in [3.63, 3.8) is 0 Å². The van der Waals surface area contributed by atoms with Gasteiger partial charge in [0.25, 0.3) is 0 Å². The lowest BCUT2D eigenvalue weighted by atomic mass is 10.1. The van der Waals surface area contributed by atoms with Crippen LogP contribution in [0.3, 0.4) is 0 Å². The Morgan fingerprint density at radius 3 is 1.97 bits per heavy atom. The van der Waals surface area contributed by atoms with Gasteiger partial charge in [-0.3, -0.25) is 29.0 Å². The minimum atomic E-state index is -1.30. The predicted octanol–water partition coefficient (Wildman–Crippen LogP) is -3.28. The molecular formula is C17H31N7O7S. The summed E-state index contributed by atoms with van der Waals surface area (Å²) in [6.07, 6.45) is -0.406. The fraction of sp³-hybridized carbons (Fsp3) is 0.647. The predicted molar refractivity (Wildman–Crippen MR) is 118 cm³/mol. The molecule has 11 N–H and O–H groups in total. The Kier molecular flexibility index (Phi) is 13.4. The van der Waals surface area contributed by atoms with E-state index >= 15 is 0 Å². The molecule has 0 bridgehead atoms. The Labute approximate surface area is 190 Å². The van der Waals surface area contributed by atoms with E-state index in [1.807, 2.05) is 0 Å². The molecule has 4 atom stereocenters. The van der Waals surface area contributed by atoms with Crippen molar-refractivity contribution in [3.05, 3.63) is 0 Å². The van der Waals surface area contributed by atoms with Crippen molar-refractivity contribution in [1.82, 2.24) is 16.0 Å². The molecule has 0 radical (unpaired) electrons. The molecule has 0 aliphatic rings. The third-order valence-electron chi connectivity index (χ3n) is 4.12. The van der Waals surface area contributed by atoms with Crippen LogP contribution >= 0.6 is 12.6 Å². The summed E-state index contributed by atoms with van der Waals surface area (Å²) in [5, 5.41) is 24.9. The first-order valence-electron chi connectivity index (χ1n) is 9.66. The zero-order valence-electron chi connectivity index (χ0n) is 17.6. The van der Waals surface area contributed by atoms with Crippen LogP contribution < -0.4 is 33.2 Å². The van der Waals surface area contributed by atoms with E-state index in [0.29, 0.717) is 0 Å². The first kappa shape index (κ1) is 28.9. The van der Waals surface area contributed by atoms with Crippen molar-refractivity contribution < 1.29 is 34.2 Å². The topological polar surface area (TPSA) is 252 Å². The largest absolute Gasteiger partial charge is 0.481 e. The molecule has 0 heterocycles. The van der Waals surface area contributed by atoms with E-state index in [4.69, 9.17) is 27.4 Å². The number of hydrogen-bond acceptors (Lipinski definition) is 8. The maximum absolute atomic E-state index is 12.7. The van der Waals surface area contributed by atoms with Crippen molar-refractivity contribution in [2.75, 3.05) is 12.3 Å². The van der Waals surface area contributed by atoms with Gasteiger partial charge in [-0.05, 0) is 26.2 Å². The number of guanidine groups is 1. The number of hydrogen-bond donors (Lipinski definition) is 9. The van der Waals surface area contributed by atoms with Gasteiger partial charge in [0.2, 0.25) is 17.7 Å². The lowest BCUT2D eigenvalue weighted by Gasteiger charge is -2.24. The summed E-state index contributed by atoms with van der Waals surface area (Å²) in [5.41, 5.74) is 16.0. The van der Waals surface area contributed by atoms with Crippen LogP contribution in [0.1, 0.15) is 32.6 Å². The average molecular weight is 478 g/mol. The summed E-state index contributed by atoms with van der Waals surface area (Å²) >= 11 is 3.90. The van der Waals surface area contributed by atoms with Crippen LogP contribution in [0.4, 0.5) is 0 Å². The van der Waals surface area contributed by atoms with Gasteiger partial charge in [-0.25, -0.2) is 0 Å². The Balaban J connectivity index is 5.44. The molecule has 0 aliphatic heterocycles. The molecule has 0 rings (SSSR count). The molecule has 0 aromatic heterocycles. The van der Waals surface area contributed by atoms with Crippen LogP contribution in [-0.4, -0.2) is 82.3 Å². The molecule has 0 spiro atoms. The quantitative estimate of drug-likeness (QED) is 0.0492. The minimum Gasteiger partial charge on any atom is -0.481 e. The standard InChI is InChI=1S/C17H31N7O7S/c1-8(16(30)31)22-14(28)10(3-2-6-21-17(19)20)24-15(29)11(4-5-12(25)26)23-13(27)9(18)7-32/h8-11,32H,2-7,18H2,1H3,(H,22,28)(H,23,27)(H,24,29)(H,25,26)(H,30,31)(H4,19,20,21). The highest BCUT2D eigenvalue weighted by molar-refractivity contribution is 7.80. The molecule has 0 aliphatic carbocycles. The normalized spacial score (nSPS) is 14.2. The molecule has 32 heavy (non-hydrogen) atoms. The van der Waals surface area contributed by atoms with Gasteiger partial charge in [0.15, 0.2) is 5.96 Å². The van der Waals surface area contributed by atoms with Crippen LogP contribution in [-0.2, 0) is 24.0 Å². The monoisotopic (exact) mass is 477 g/mol. The third-order valence-corrected chi connectivity index (χ3v) is 4.51. The number of nitrogens with one attached hydrogen (secondary N) is 3. The van der Waals surface area contributed by atoms with E-state index in [2.05, 4.69) is 33.6 Å². The molecular weight excluding hydrogens is 446 g/mol. The van der Waals surface area contributed by atoms with Gasteiger partial charge in [0.05, 0.1) is 6.04 Å². The van der Waals surface area contributed by atoms with Crippen molar-refractivity contribution >= 4 is 48.2 Å². The van der Waals surface area contributed by atoms with E-state index in [0.717, 1.165) is 0 Å². The summed E-state index contributed by atoms with van der Waals surface area (Å²) in [6, 6.07) is -4.75. The minimum absolute atomic E-state index is 0.0119. The molecule has 0 saturated carbocycles. The van der Waals surface area contributed by atoms with Crippen LogP contribution in [0.2, 0.25) is 0 Å². The second-order valence-electron chi connectivity index (χ2n) is 6.86. The Bertz CT molecular complexity index is 715. The van der Waals surface area contributed by atoms with Crippen LogP contribution in [0.15, 0.2) is 4.99 Å². The van der Waals surface area contributed by atoms with Gasteiger partial charge >= 0.3 is 11.9 Å². The second kappa shape index (κ2) is 14.9. The summed E-state index contributed by atoms with van der Waals surface area (Å²) in [5.74, 6) is -5.00. The van der Waals surface area contributed by atoms with Crippen molar-refractivity contribution in [2.45, 2.75) is 56.8 Å². The number of carbonyl (C=O) groups excluding carboxylic acids is 3. The summed E-state index contributed by atoms with van der Waals surface area (Å²) in [4.78, 5) is 63.0. The molecule has 0 aromatic carbocycles. The Hall–Kier alpha value is -3.07. The van der Waals surface area contributed by atoms with E-state index < -0.39 is 60.2 Å². The number of aliphatic imine (C=N–C) groups is 1. The van der Waals surface area contributed by atoms with Crippen LogP contribution in [0, 0.1) is 0 Å². The first-order valence-corrected chi connectivity index (χ1v) is 10.3.